The summed E-state index contributed by atoms with van der Waals surface area (Å²) in [6, 6.07) is 21.2. The van der Waals surface area contributed by atoms with Gasteiger partial charge in [0.1, 0.15) is 5.76 Å². The third-order valence-corrected chi connectivity index (χ3v) is 7.03. The molecule has 1 amide bonds. The molecule has 34 heavy (non-hydrogen) atoms. The first-order valence-electron chi connectivity index (χ1n) is 10.8. The number of hydrogen-bond donors (Lipinski definition) is 2. The van der Waals surface area contributed by atoms with E-state index in [0.29, 0.717) is 29.1 Å². The summed E-state index contributed by atoms with van der Waals surface area (Å²) >= 11 is 9.89. The standard InChI is InChI=1S/C27H20BrClN2O3/c28-18-11-9-16(10-12-18)25(32)23-24(20-6-1-3-7-21(20)29)31(27(34)26(23)33)14-13-17-15-30-22-8-4-2-5-19(17)22/h1-12,15,24,30,32H,13-14H2/b25-23+. The maximum Gasteiger partial charge on any atom is 0.295 e. The summed E-state index contributed by atoms with van der Waals surface area (Å²) in [5.41, 5.74) is 3.15. The Morgan fingerprint density at radius 1 is 1.00 bits per heavy atom. The molecule has 1 unspecified atom stereocenters. The number of nitrogens with zero attached hydrogens (tertiary/aromatic N) is 1. The lowest BCUT2D eigenvalue weighted by molar-refractivity contribution is -0.139. The molecular formula is C27H20BrClN2O3. The number of aromatic amines is 1. The third-order valence-electron chi connectivity index (χ3n) is 6.15. The van der Waals surface area contributed by atoms with E-state index in [2.05, 4.69) is 20.9 Å². The molecular weight excluding hydrogens is 516 g/mol. The van der Waals surface area contributed by atoms with Crippen molar-refractivity contribution in [2.24, 2.45) is 0 Å². The largest absolute Gasteiger partial charge is 0.507 e. The molecule has 0 saturated carbocycles. The number of aliphatic hydroxyl groups excluding tert-OH is 1. The van der Waals surface area contributed by atoms with Gasteiger partial charge in [-0.15, -0.1) is 0 Å². The summed E-state index contributed by atoms with van der Waals surface area (Å²) in [5.74, 6) is -1.59. The van der Waals surface area contributed by atoms with Crippen LogP contribution in [0.25, 0.3) is 16.7 Å². The van der Waals surface area contributed by atoms with Gasteiger partial charge in [-0.2, -0.15) is 0 Å². The van der Waals surface area contributed by atoms with Crippen molar-refractivity contribution in [3.8, 4) is 0 Å². The second-order valence-corrected chi connectivity index (χ2v) is 9.45. The van der Waals surface area contributed by atoms with Crippen molar-refractivity contribution < 1.29 is 14.7 Å². The zero-order valence-electron chi connectivity index (χ0n) is 18.0. The highest BCUT2D eigenvalue weighted by molar-refractivity contribution is 9.10. The fourth-order valence-corrected chi connectivity index (χ4v) is 4.98. The first kappa shape index (κ1) is 22.4. The average Bonchev–Trinajstić information content (AvgIpc) is 3.37. The number of carbonyl (C=O) groups is 2. The van der Waals surface area contributed by atoms with Crippen molar-refractivity contribution in [2.45, 2.75) is 12.5 Å². The van der Waals surface area contributed by atoms with Crippen LogP contribution in [0.1, 0.15) is 22.7 Å². The van der Waals surface area contributed by atoms with Crippen molar-refractivity contribution >= 4 is 55.9 Å². The second kappa shape index (κ2) is 9.12. The number of amides is 1. The number of benzene rings is 3. The van der Waals surface area contributed by atoms with Crippen LogP contribution in [0, 0.1) is 0 Å². The van der Waals surface area contributed by atoms with Crippen LogP contribution < -0.4 is 0 Å². The van der Waals surface area contributed by atoms with E-state index < -0.39 is 17.7 Å². The van der Waals surface area contributed by atoms with Crippen LogP contribution in [0.5, 0.6) is 0 Å². The number of likely N-dealkylation sites (tertiary alicyclic amines) is 1. The predicted molar refractivity (Wildman–Crippen MR) is 137 cm³/mol. The molecule has 1 aliphatic rings. The Morgan fingerprint density at radius 3 is 2.47 bits per heavy atom. The van der Waals surface area contributed by atoms with Crippen LogP contribution in [0.3, 0.4) is 0 Å². The molecule has 0 bridgehead atoms. The molecule has 1 fully saturated rings. The van der Waals surface area contributed by atoms with Gasteiger partial charge in [0.05, 0.1) is 11.6 Å². The molecule has 7 heteroatoms. The molecule has 1 aromatic heterocycles. The van der Waals surface area contributed by atoms with E-state index in [9.17, 15) is 14.7 Å². The summed E-state index contributed by atoms with van der Waals surface area (Å²) < 4.78 is 0.839. The smallest absolute Gasteiger partial charge is 0.295 e. The molecule has 5 rings (SSSR count). The first-order valence-corrected chi connectivity index (χ1v) is 12.0. The summed E-state index contributed by atoms with van der Waals surface area (Å²) in [6.45, 7) is 0.291. The first-order chi connectivity index (χ1) is 16.5. The van der Waals surface area contributed by atoms with E-state index >= 15 is 0 Å². The zero-order valence-corrected chi connectivity index (χ0v) is 20.3. The molecule has 1 aliphatic heterocycles. The normalized spacial score (nSPS) is 17.6. The summed E-state index contributed by atoms with van der Waals surface area (Å²) in [5, 5.41) is 12.6. The highest BCUT2D eigenvalue weighted by atomic mass is 79.9. The number of aliphatic hydroxyl groups is 1. The van der Waals surface area contributed by atoms with Gasteiger partial charge in [-0.3, -0.25) is 9.59 Å². The van der Waals surface area contributed by atoms with E-state index in [-0.39, 0.29) is 11.3 Å². The van der Waals surface area contributed by atoms with Crippen LogP contribution in [0.15, 0.2) is 89.0 Å². The maximum atomic E-state index is 13.2. The van der Waals surface area contributed by atoms with Crippen LogP contribution in [-0.4, -0.2) is 33.2 Å². The number of ketones is 1. The van der Waals surface area contributed by atoms with Gasteiger partial charge in [0, 0.05) is 38.7 Å². The third kappa shape index (κ3) is 3.93. The van der Waals surface area contributed by atoms with E-state index in [1.54, 1.807) is 48.5 Å². The van der Waals surface area contributed by atoms with Gasteiger partial charge in [-0.1, -0.05) is 76.1 Å². The van der Waals surface area contributed by atoms with E-state index in [4.69, 9.17) is 11.6 Å². The van der Waals surface area contributed by atoms with E-state index in [1.807, 2.05) is 30.5 Å². The minimum Gasteiger partial charge on any atom is -0.507 e. The monoisotopic (exact) mass is 534 g/mol. The number of fused-ring (bicyclic) bond motifs is 1. The van der Waals surface area contributed by atoms with E-state index in [1.165, 1.54) is 4.90 Å². The van der Waals surface area contributed by atoms with Crippen LogP contribution in [-0.2, 0) is 16.0 Å². The van der Waals surface area contributed by atoms with Crippen molar-refractivity contribution in [3.05, 3.63) is 111 Å². The zero-order chi connectivity index (χ0) is 23.8. The van der Waals surface area contributed by atoms with Crippen LogP contribution in [0.4, 0.5) is 0 Å². The number of hydrogen-bond acceptors (Lipinski definition) is 3. The lowest BCUT2D eigenvalue weighted by Crippen LogP contribution is -2.31. The quantitative estimate of drug-likeness (QED) is 0.180. The molecule has 2 N–H and O–H groups in total. The number of aromatic nitrogens is 1. The van der Waals surface area contributed by atoms with E-state index in [0.717, 1.165) is 20.9 Å². The lowest BCUT2D eigenvalue weighted by atomic mass is 9.95. The highest BCUT2D eigenvalue weighted by Gasteiger charge is 2.46. The number of para-hydroxylation sites is 1. The fourth-order valence-electron chi connectivity index (χ4n) is 4.47. The van der Waals surface area contributed by atoms with Gasteiger partial charge >= 0.3 is 0 Å². The molecule has 0 spiro atoms. The minimum absolute atomic E-state index is 0.0411. The van der Waals surface area contributed by atoms with Gasteiger partial charge in [0.2, 0.25) is 0 Å². The lowest BCUT2D eigenvalue weighted by Gasteiger charge is -2.26. The Bertz CT molecular complexity index is 1440. The average molecular weight is 536 g/mol. The highest BCUT2D eigenvalue weighted by Crippen LogP contribution is 2.42. The molecule has 3 aromatic carbocycles. The van der Waals surface area contributed by atoms with Crippen molar-refractivity contribution in [2.75, 3.05) is 6.54 Å². The molecule has 1 atom stereocenters. The Labute approximate surface area is 209 Å². The van der Waals surface area contributed by atoms with Crippen molar-refractivity contribution in [1.29, 1.82) is 0 Å². The molecule has 4 aromatic rings. The molecule has 5 nitrogen and oxygen atoms in total. The Balaban J connectivity index is 1.58. The van der Waals surface area contributed by atoms with Crippen LogP contribution >= 0.6 is 27.5 Å². The predicted octanol–water partition coefficient (Wildman–Crippen LogP) is 6.25. The van der Waals surface area contributed by atoms with Gasteiger partial charge < -0.3 is 15.0 Å². The number of nitrogens with one attached hydrogen (secondary N) is 1. The Morgan fingerprint density at radius 2 is 1.71 bits per heavy atom. The van der Waals surface area contributed by atoms with Crippen molar-refractivity contribution in [3.63, 3.8) is 0 Å². The summed E-state index contributed by atoms with van der Waals surface area (Å²) in [7, 11) is 0. The number of halogens is 2. The minimum atomic E-state index is -0.789. The van der Waals surface area contributed by atoms with Gasteiger partial charge in [-0.25, -0.2) is 0 Å². The molecule has 170 valence electrons. The second-order valence-electron chi connectivity index (χ2n) is 8.13. The SMILES string of the molecule is O=C1C(=O)N(CCc2c[nH]c3ccccc23)C(c2ccccc2Cl)/C1=C(\O)c1ccc(Br)cc1. The molecule has 1 saturated heterocycles. The topological polar surface area (TPSA) is 73.4 Å². The van der Waals surface area contributed by atoms with Crippen LogP contribution in [0.2, 0.25) is 5.02 Å². The summed E-state index contributed by atoms with van der Waals surface area (Å²) in [4.78, 5) is 31.1. The van der Waals surface area contributed by atoms with Gasteiger partial charge in [-0.05, 0) is 41.8 Å². The summed E-state index contributed by atoms with van der Waals surface area (Å²) in [6.07, 6.45) is 2.46. The van der Waals surface area contributed by atoms with Gasteiger partial charge in [0.25, 0.3) is 11.7 Å². The molecule has 0 aliphatic carbocycles. The number of H-pyrrole nitrogens is 1. The Kier molecular flexibility index (Phi) is 6.02. The number of Topliss-reactive ketones (excluding diaryl/α,β-unsaturated/α-hetero) is 1. The maximum absolute atomic E-state index is 13.2. The van der Waals surface area contributed by atoms with Gasteiger partial charge in [0.15, 0.2) is 0 Å². The Hall–Kier alpha value is -3.35. The molecule has 0 radical (unpaired) electrons. The molecule has 2 heterocycles. The van der Waals surface area contributed by atoms with Crippen molar-refractivity contribution in [1.82, 2.24) is 9.88 Å². The number of carbonyl (C=O) groups excluding carboxylic acids is 2. The fraction of sp³-hybridized carbons (Fsp3) is 0.111. The number of rotatable bonds is 5.